The van der Waals surface area contributed by atoms with E-state index in [0.29, 0.717) is 30.5 Å². The summed E-state index contributed by atoms with van der Waals surface area (Å²) in [7, 11) is -3.29. The molecule has 0 heterocycles. The third-order valence-electron chi connectivity index (χ3n) is 5.32. The van der Waals surface area contributed by atoms with Crippen LogP contribution in [0.15, 0.2) is 48.5 Å². The number of halogens is 1. The molecule has 0 amide bonds. The SMILES string of the molecule is CCCCOP(=O)(COc1ccc(CC(C)NCC(O)c2cccc(Cl)c2)cc1)OCCCC. The zero-order valence-corrected chi connectivity index (χ0v) is 22.2. The van der Waals surface area contributed by atoms with E-state index in [1.807, 2.05) is 36.4 Å². The number of nitrogens with one attached hydrogen (secondary N) is 1. The summed E-state index contributed by atoms with van der Waals surface area (Å²) in [6.07, 6.45) is 3.66. The minimum absolute atomic E-state index is 0.0981. The molecule has 0 spiro atoms. The molecule has 0 aliphatic carbocycles. The molecule has 0 bridgehead atoms. The Hall–Kier alpha value is -1.40. The van der Waals surface area contributed by atoms with Gasteiger partial charge in [-0.3, -0.25) is 4.57 Å². The molecule has 0 aromatic heterocycles. The highest BCUT2D eigenvalue weighted by Gasteiger charge is 2.25. The van der Waals surface area contributed by atoms with Crippen molar-refractivity contribution in [1.29, 1.82) is 0 Å². The first-order valence-electron chi connectivity index (χ1n) is 12.1. The summed E-state index contributed by atoms with van der Waals surface area (Å²) in [5.74, 6) is 0.624. The molecule has 2 aromatic carbocycles. The zero-order valence-electron chi connectivity index (χ0n) is 20.5. The molecule has 2 aromatic rings. The molecule has 0 saturated heterocycles. The topological polar surface area (TPSA) is 77.0 Å². The number of ether oxygens (including phenoxy) is 1. The molecule has 2 unspecified atom stereocenters. The minimum atomic E-state index is -3.29. The van der Waals surface area contributed by atoms with Crippen molar-refractivity contribution >= 4 is 19.2 Å². The van der Waals surface area contributed by atoms with Gasteiger partial charge in [0.2, 0.25) is 0 Å². The lowest BCUT2D eigenvalue weighted by atomic mass is 10.1. The molecule has 34 heavy (non-hydrogen) atoms. The predicted octanol–water partition coefficient (Wildman–Crippen LogP) is 6.76. The standard InChI is InChI=1S/C26H39ClNO5P/c1-4-6-15-32-34(30,33-16-7-5-2)20-31-25-13-11-22(12-14-25)17-21(3)28-19-26(29)23-9-8-10-24(27)18-23/h8-14,18,21,26,28-29H,4-7,15-17,19-20H2,1-3H3. The van der Waals surface area contributed by atoms with Crippen molar-refractivity contribution < 1.29 is 23.5 Å². The Bertz CT molecular complexity index is 866. The zero-order chi connectivity index (χ0) is 24.8. The second-order valence-electron chi connectivity index (χ2n) is 8.49. The van der Waals surface area contributed by atoms with E-state index in [2.05, 4.69) is 26.1 Å². The van der Waals surface area contributed by atoms with Crippen LogP contribution < -0.4 is 10.1 Å². The van der Waals surface area contributed by atoms with Gasteiger partial charge in [-0.2, -0.15) is 0 Å². The van der Waals surface area contributed by atoms with E-state index >= 15 is 0 Å². The van der Waals surface area contributed by atoms with Crippen LogP contribution >= 0.6 is 19.2 Å². The summed E-state index contributed by atoms with van der Waals surface area (Å²) in [4.78, 5) is 0. The summed E-state index contributed by atoms with van der Waals surface area (Å²) in [6.45, 7) is 7.43. The number of benzene rings is 2. The molecular formula is C26H39ClNO5P. The van der Waals surface area contributed by atoms with Gasteiger partial charge in [0.05, 0.1) is 19.3 Å². The van der Waals surface area contributed by atoms with Gasteiger partial charge in [-0.1, -0.05) is 62.6 Å². The first kappa shape index (κ1) is 28.8. The lowest BCUT2D eigenvalue weighted by Crippen LogP contribution is -2.32. The first-order valence-corrected chi connectivity index (χ1v) is 14.2. The molecule has 2 rings (SSSR count). The second kappa shape index (κ2) is 15.6. The molecule has 0 fully saturated rings. The van der Waals surface area contributed by atoms with E-state index < -0.39 is 13.7 Å². The van der Waals surface area contributed by atoms with Gasteiger partial charge in [-0.05, 0) is 61.6 Å². The number of rotatable bonds is 17. The van der Waals surface area contributed by atoms with E-state index in [4.69, 9.17) is 25.4 Å². The van der Waals surface area contributed by atoms with Crippen molar-refractivity contribution in [2.24, 2.45) is 0 Å². The molecule has 2 atom stereocenters. The Morgan fingerprint density at radius 2 is 1.68 bits per heavy atom. The van der Waals surface area contributed by atoms with Gasteiger partial charge in [0.15, 0.2) is 6.35 Å². The van der Waals surface area contributed by atoms with Gasteiger partial charge < -0.3 is 24.2 Å². The van der Waals surface area contributed by atoms with Crippen LogP contribution in [0.25, 0.3) is 0 Å². The summed E-state index contributed by atoms with van der Waals surface area (Å²) in [5.41, 5.74) is 1.93. The second-order valence-corrected chi connectivity index (χ2v) is 10.9. The maximum atomic E-state index is 13.0. The largest absolute Gasteiger partial charge is 0.481 e. The Kier molecular flexibility index (Phi) is 13.2. The van der Waals surface area contributed by atoms with Crippen LogP contribution in [0.2, 0.25) is 5.02 Å². The van der Waals surface area contributed by atoms with Gasteiger partial charge in [-0.25, -0.2) is 0 Å². The highest BCUT2D eigenvalue weighted by molar-refractivity contribution is 7.53. The van der Waals surface area contributed by atoms with Crippen molar-refractivity contribution in [3.8, 4) is 5.75 Å². The maximum absolute atomic E-state index is 13.0. The molecule has 190 valence electrons. The van der Waals surface area contributed by atoms with Gasteiger partial charge in [0.1, 0.15) is 5.75 Å². The van der Waals surface area contributed by atoms with Crippen LogP contribution in [0.1, 0.15) is 63.7 Å². The van der Waals surface area contributed by atoms with Gasteiger partial charge in [0.25, 0.3) is 0 Å². The van der Waals surface area contributed by atoms with E-state index in [1.165, 1.54) is 0 Å². The molecule has 6 nitrogen and oxygen atoms in total. The smallest absolute Gasteiger partial charge is 0.367 e. The van der Waals surface area contributed by atoms with Gasteiger partial charge >= 0.3 is 7.60 Å². The van der Waals surface area contributed by atoms with Gasteiger partial charge in [0, 0.05) is 17.6 Å². The van der Waals surface area contributed by atoms with Crippen LogP contribution in [-0.2, 0) is 20.0 Å². The first-order chi connectivity index (χ1) is 16.3. The fourth-order valence-corrected chi connectivity index (χ4v) is 4.80. The van der Waals surface area contributed by atoms with Crippen molar-refractivity contribution in [3.05, 3.63) is 64.7 Å². The Morgan fingerprint density at radius 3 is 2.26 bits per heavy atom. The van der Waals surface area contributed by atoms with Crippen LogP contribution in [-0.4, -0.2) is 37.3 Å². The lowest BCUT2D eigenvalue weighted by molar-refractivity contribution is 0.170. The Morgan fingerprint density at radius 1 is 1.03 bits per heavy atom. The van der Waals surface area contributed by atoms with Crippen LogP contribution in [0.5, 0.6) is 5.75 Å². The molecule has 0 radical (unpaired) electrons. The van der Waals surface area contributed by atoms with E-state index in [9.17, 15) is 9.67 Å². The lowest BCUT2D eigenvalue weighted by Gasteiger charge is -2.19. The Labute approximate surface area is 209 Å². The molecule has 0 aliphatic heterocycles. The summed E-state index contributed by atoms with van der Waals surface area (Å²) >= 11 is 6.00. The van der Waals surface area contributed by atoms with Crippen molar-refractivity contribution in [1.82, 2.24) is 5.32 Å². The van der Waals surface area contributed by atoms with E-state index in [-0.39, 0.29) is 12.4 Å². The number of unbranched alkanes of at least 4 members (excludes halogenated alkanes) is 2. The number of aliphatic hydroxyl groups is 1. The van der Waals surface area contributed by atoms with Crippen molar-refractivity contribution in [3.63, 3.8) is 0 Å². The summed E-state index contributed by atoms with van der Waals surface area (Å²) < 4.78 is 29.9. The van der Waals surface area contributed by atoms with Crippen molar-refractivity contribution in [2.75, 3.05) is 26.1 Å². The monoisotopic (exact) mass is 511 g/mol. The van der Waals surface area contributed by atoms with Crippen LogP contribution in [0.4, 0.5) is 0 Å². The Balaban J connectivity index is 1.81. The normalized spacial score (nSPS) is 13.6. The molecule has 2 N–H and O–H groups in total. The molecule has 0 saturated carbocycles. The fraction of sp³-hybridized carbons (Fsp3) is 0.538. The predicted molar refractivity (Wildman–Crippen MR) is 139 cm³/mol. The van der Waals surface area contributed by atoms with Crippen LogP contribution in [0.3, 0.4) is 0 Å². The highest BCUT2D eigenvalue weighted by atomic mass is 35.5. The molecule has 8 heteroatoms. The average Bonchev–Trinajstić information content (AvgIpc) is 2.82. The van der Waals surface area contributed by atoms with E-state index in [0.717, 1.165) is 43.2 Å². The molecular weight excluding hydrogens is 473 g/mol. The average molecular weight is 512 g/mol. The number of aliphatic hydroxyl groups excluding tert-OH is 1. The quantitative estimate of drug-likeness (QED) is 0.180. The summed E-state index contributed by atoms with van der Waals surface area (Å²) in [5, 5.41) is 14.4. The number of hydrogen-bond acceptors (Lipinski definition) is 6. The van der Waals surface area contributed by atoms with E-state index in [1.54, 1.807) is 12.1 Å². The minimum Gasteiger partial charge on any atom is -0.481 e. The number of hydrogen-bond donors (Lipinski definition) is 2. The van der Waals surface area contributed by atoms with Crippen LogP contribution in [0, 0.1) is 0 Å². The third kappa shape index (κ3) is 10.9. The van der Waals surface area contributed by atoms with Crippen molar-refractivity contribution in [2.45, 2.75) is 65.0 Å². The summed E-state index contributed by atoms with van der Waals surface area (Å²) in [6, 6.07) is 15.1. The third-order valence-corrected chi connectivity index (χ3v) is 7.15. The highest BCUT2D eigenvalue weighted by Crippen LogP contribution is 2.48. The molecule has 0 aliphatic rings. The fourth-order valence-electron chi connectivity index (χ4n) is 3.25. The maximum Gasteiger partial charge on any atom is 0.367 e. The van der Waals surface area contributed by atoms with Gasteiger partial charge in [-0.15, -0.1) is 0 Å².